The molecule has 1 heterocycles. The smallest absolute Gasteiger partial charge is 0.253 e. The van der Waals surface area contributed by atoms with E-state index in [4.69, 9.17) is 0 Å². The number of rotatable bonds is 5. The minimum Gasteiger partial charge on any atom is -0.353 e. The minimum absolute atomic E-state index is 0.0622. The number of nitrogens with zero attached hydrogens (tertiary/aromatic N) is 1. The van der Waals surface area contributed by atoms with E-state index in [1.807, 2.05) is 6.92 Å². The van der Waals surface area contributed by atoms with E-state index in [0.717, 1.165) is 6.26 Å². The fraction of sp³-hybridized carbons (Fsp3) is 0.579. The van der Waals surface area contributed by atoms with Crippen molar-refractivity contribution in [1.82, 2.24) is 10.2 Å². The molecule has 1 unspecified atom stereocenters. The highest BCUT2D eigenvalue weighted by Gasteiger charge is 2.28. The third kappa shape index (κ3) is 5.06. The lowest BCUT2D eigenvalue weighted by Gasteiger charge is -2.32. The molecule has 1 aromatic rings. The van der Waals surface area contributed by atoms with Crippen LogP contribution in [0.25, 0.3) is 0 Å². The van der Waals surface area contributed by atoms with Crippen LogP contribution in [0.5, 0.6) is 0 Å². The number of hydrogen-bond donors (Lipinski definition) is 1. The van der Waals surface area contributed by atoms with E-state index in [0.29, 0.717) is 37.4 Å². The maximum absolute atomic E-state index is 12.6. The van der Waals surface area contributed by atoms with E-state index in [1.165, 1.54) is 12.1 Å². The highest BCUT2D eigenvalue weighted by molar-refractivity contribution is 7.90. The van der Waals surface area contributed by atoms with Gasteiger partial charge in [0.1, 0.15) is 0 Å². The predicted octanol–water partition coefficient (Wildman–Crippen LogP) is 2.10. The van der Waals surface area contributed by atoms with Crippen molar-refractivity contribution >= 4 is 21.7 Å². The molecule has 2 amide bonds. The maximum atomic E-state index is 12.6. The van der Waals surface area contributed by atoms with Crippen molar-refractivity contribution in [2.75, 3.05) is 19.3 Å². The molecular weight excluding hydrogens is 352 g/mol. The molecule has 0 saturated carbocycles. The van der Waals surface area contributed by atoms with E-state index in [9.17, 15) is 18.0 Å². The third-order valence-corrected chi connectivity index (χ3v) is 6.18. The van der Waals surface area contributed by atoms with Crippen LogP contribution in [-0.4, -0.2) is 50.5 Å². The minimum atomic E-state index is -3.27. The first-order valence-electron chi connectivity index (χ1n) is 8.99. The number of sulfone groups is 1. The van der Waals surface area contributed by atoms with Gasteiger partial charge in [0.05, 0.1) is 4.90 Å². The van der Waals surface area contributed by atoms with E-state index in [2.05, 4.69) is 19.2 Å². The van der Waals surface area contributed by atoms with E-state index < -0.39 is 9.84 Å². The Balaban J connectivity index is 1.93. The lowest BCUT2D eigenvalue weighted by Crippen LogP contribution is -2.45. The Labute approximate surface area is 155 Å². The Bertz CT molecular complexity index is 748. The van der Waals surface area contributed by atoms with Gasteiger partial charge < -0.3 is 10.2 Å². The number of amides is 2. The molecule has 0 aromatic heterocycles. The van der Waals surface area contributed by atoms with Gasteiger partial charge in [0.2, 0.25) is 5.91 Å². The van der Waals surface area contributed by atoms with Crippen LogP contribution in [0.1, 0.15) is 44.0 Å². The van der Waals surface area contributed by atoms with Crippen LogP contribution in [0.3, 0.4) is 0 Å². The lowest BCUT2D eigenvalue weighted by molar-refractivity contribution is -0.127. The Hall–Kier alpha value is -1.89. The zero-order chi connectivity index (χ0) is 19.5. The molecule has 0 spiro atoms. The topological polar surface area (TPSA) is 83.6 Å². The Morgan fingerprint density at radius 2 is 1.62 bits per heavy atom. The number of likely N-dealkylation sites (tertiary alicyclic amines) is 1. The van der Waals surface area contributed by atoms with Crippen molar-refractivity contribution in [1.29, 1.82) is 0 Å². The van der Waals surface area contributed by atoms with Crippen LogP contribution >= 0.6 is 0 Å². The summed E-state index contributed by atoms with van der Waals surface area (Å²) in [4.78, 5) is 26.8. The molecule has 1 aliphatic heterocycles. The van der Waals surface area contributed by atoms with Crippen LogP contribution in [0.15, 0.2) is 29.2 Å². The second-order valence-electron chi connectivity index (χ2n) is 7.40. The highest BCUT2D eigenvalue weighted by atomic mass is 32.2. The second-order valence-corrected chi connectivity index (χ2v) is 9.42. The van der Waals surface area contributed by atoms with Gasteiger partial charge in [-0.25, -0.2) is 8.42 Å². The van der Waals surface area contributed by atoms with Crippen LogP contribution in [0.4, 0.5) is 0 Å². The fourth-order valence-corrected chi connectivity index (χ4v) is 3.51. The van der Waals surface area contributed by atoms with Crippen LogP contribution < -0.4 is 5.32 Å². The summed E-state index contributed by atoms with van der Waals surface area (Å²) in [5.74, 6) is 0.263. The molecule has 1 N–H and O–H groups in total. The van der Waals surface area contributed by atoms with Crippen LogP contribution in [0.2, 0.25) is 0 Å². The molecule has 1 fully saturated rings. The number of benzene rings is 1. The van der Waals surface area contributed by atoms with Crippen molar-refractivity contribution in [3.63, 3.8) is 0 Å². The van der Waals surface area contributed by atoms with E-state index in [-0.39, 0.29) is 28.7 Å². The van der Waals surface area contributed by atoms with Crippen LogP contribution in [-0.2, 0) is 14.6 Å². The molecule has 144 valence electrons. The van der Waals surface area contributed by atoms with Gasteiger partial charge in [0, 0.05) is 36.9 Å². The summed E-state index contributed by atoms with van der Waals surface area (Å²) in [6, 6.07) is 6.13. The molecule has 0 radical (unpaired) electrons. The van der Waals surface area contributed by atoms with Gasteiger partial charge >= 0.3 is 0 Å². The normalized spacial score (nSPS) is 17.2. The summed E-state index contributed by atoms with van der Waals surface area (Å²) in [5, 5.41) is 3.05. The summed E-state index contributed by atoms with van der Waals surface area (Å²) in [6.45, 7) is 7.20. The Morgan fingerprint density at radius 1 is 1.08 bits per heavy atom. The van der Waals surface area contributed by atoms with E-state index in [1.54, 1.807) is 17.0 Å². The maximum Gasteiger partial charge on any atom is 0.253 e. The SMILES string of the molecule is CC(C)C(C)NC(=O)C1CCN(C(=O)c2ccc(S(C)(=O)=O)cc2)CC1. The molecule has 0 aliphatic carbocycles. The van der Waals surface area contributed by atoms with Crippen LogP contribution in [0, 0.1) is 11.8 Å². The summed E-state index contributed by atoms with van der Waals surface area (Å²) in [5.41, 5.74) is 0.466. The zero-order valence-corrected chi connectivity index (χ0v) is 16.7. The van der Waals surface area contributed by atoms with Crippen molar-refractivity contribution in [2.24, 2.45) is 11.8 Å². The van der Waals surface area contributed by atoms with Crippen molar-refractivity contribution in [3.05, 3.63) is 29.8 Å². The van der Waals surface area contributed by atoms with Crippen molar-refractivity contribution < 1.29 is 18.0 Å². The Kier molecular flexibility index (Phi) is 6.44. The molecule has 26 heavy (non-hydrogen) atoms. The Morgan fingerprint density at radius 3 is 2.08 bits per heavy atom. The van der Waals surface area contributed by atoms with Gasteiger partial charge in [-0.2, -0.15) is 0 Å². The first kappa shape index (κ1) is 20.4. The fourth-order valence-electron chi connectivity index (χ4n) is 2.88. The standard InChI is InChI=1S/C19H28N2O4S/c1-13(2)14(3)20-18(22)15-9-11-21(12-10-15)19(23)16-5-7-17(8-6-16)26(4,24)25/h5-8,13-15H,9-12H2,1-4H3,(H,20,22). The molecule has 6 nitrogen and oxygen atoms in total. The number of nitrogens with one attached hydrogen (secondary N) is 1. The third-order valence-electron chi connectivity index (χ3n) is 5.05. The molecular formula is C19H28N2O4S. The molecule has 7 heteroatoms. The van der Waals surface area contributed by atoms with Crippen molar-refractivity contribution in [3.8, 4) is 0 Å². The number of carbonyl (C=O) groups is 2. The predicted molar refractivity (Wildman–Crippen MR) is 101 cm³/mol. The first-order chi connectivity index (χ1) is 12.1. The second kappa shape index (κ2) is 8.20. The van der Waals surface area contributed by atoms with Gasteiger partial charge in [-0.15, -0.1) is 0 Å². The van der Waals surface area contributed by atoms with Gasteiger partial charge in [0.25, 0.3) is 5.91 Å². The first-order valence-corrected chi connectivity index (χ1v) is 10.9. The average Bonchev–Trinajstić information content (AvgIpc) is 2.60. The summed E-state index contributed by atoms with van der Waals surface area (Å²) in [6.07, 6.45) is 2.42. The number of carbonyl (C=O) groups excluding carboxylic acids is 2. The quantitative estimate of drug-likeness (QED) is 0.848. The zero-order valence-electron chi connectivity index (χ0n) is 15.9. The molecule has 0 bridgehead atoms. The summed E-state index contributed by atoms with van der Waals surface area (Å²) < 4.78 is 23.0. The van der Waals surface area contributed by atoms with Gasteiger partial charge in [-0.1, -0.05) is 13.8 Å². The molecule has 1 aliphatic rings. The monoisotopic (exact) mass is 380 g/mol. The summed E-state index contributed by atoms with van der Waals surface area (Å²) in [7, 11) is -3.27. The largest absolute Gasteiger partial charge is 0.353 e. The van der Waals surface area contributed by atoms with Gasteiger partial charge in [0.15, 0.2) is 9.84 Å². The molecule has 1 atom stereocenters. The molecule has 1 saturated heterocycles. The molecule has 2 rings (SSSR count). The number of piperidine rings is 1. The lowest BCUT2D eigenvalue weighted by atomic mass is 9.94. The number of hydrogen-bond acceptors (Lipinski definition) is 4. The average molecular weight is 381 g/mol. The highest BCUT2D eigenvalue weighted by Crippen LogP contribution is 2.20. The van der Waals surface area contributed by atoms with Gasteiger partial charge in [-0.3, -0.25) is 9.59 Å². The van der Waals surface area contributed by atoms with Gasteiger partial charge in [-0.05, 0) is 49.9 Å². The van der Waals surface area contributed by atoms with Crippen molar-refractivity contribution in [2.45, 2.75) is 44.6 Å². The van der Waals surface area contributed by atoms with E-state index >= 15 is 0 Å². The molecule has 1 aromatic carbocycles. The summed E-state index contributed by atoms with van der Waals surface area (Å²) >= 11 is 0.